The predicted molar refractivity (Wildman–Crippen MR) is 103 cm³/mol. The van der Waals surface area contributed by atoms with Gasteiger partial charge < -0.3 is 14.4 Å². The average molecular weight is 394 g/mol. The Labute approximate surface area is 159 Å². The molecule has 0 spiro atoms. The monoisotopic (exact) mass is 394 g/mol. The van der Waals surface area contributed by atoms with Crippen LogP contribution in [0.2, 0.25) is 0 Å². The Kier molecular flexibility index (Phi) is 6.79. The highest BCUT2D eigenvalue weighted by molar-refractivity contribution is 7.86. The highest BCUT2D eigenvalue weighted by atomic mass is 32.2. The minimum Gasteiger partial charge on any atom is -0.383 e. The molecule has 0 atom stereocenters. The highest BCUT2D eigenvalue weighted by Crippen LogP contribution is 2.18. The van der Waals surface area contributed by atoms with Gasteiger partial charge in [0.2, 0.25) is 0 Å². The van der Waals surface area contributed by atoms with E-state index < -0.39 is 15.9 Å². The summed E-state index contributed by atoms with van der Waals surface area (Å²) >= 11 is 0. The van der Waals surface area contributed by atoms with Crippen molar-refractivity contribution in [2.75, 3.05) is 18.1 Å². The Bertz CT molecular complexity index is 900. The molecule has 0 bridgehead atoms. The Morgan fingerprint density at radius 3 is 2.52 bits per heavy atom. The average Bonchev–Trinajstić information content (AvgIpc) is 2.52. The van der Waals surface area contributed by atoms with E-state index in [1.807, 2.05) is 13.8 Å². The van der Waals surface area contributed by atoms with Crippen LogP contribution in [-0.4, -0.2) is 32.1 Å². The zero-order valence-corrected chi connectivity index (χ0v) is 16.3. The normalized spacial score (nSPS) is 11.3. The number of urea groups is 1. The maximum atomic E-state index is 13.3. The number of benzene rings is 2. The van der Waals surface area contributed by atoms with Gasteiger partial charge in [-0.25, -0.2) is 9.18 Å². The molecule has 2 aromatic carbocycles. The molecule has 0 fully saturated rings. The summed E-state index contributed by atoms with van der Waals surface area (Å²) in [6.07, 6.45) is 0.969. The minimum atomic E-state index is -3.63. The van der Waals surface area contributed by atoms with Crippen molar-refractivity contribution in [2.24, 2.45) is 5.92 Å². The molecule has 6 nitrogen and oxygen atoms in total. The maximum absolute atomic E-state index is 13.3. The topological polar surface area (TPSA) is 75.7 Å². The molecule has 8 heteroatoms. The summed E-state index contributed by atoms with van der Waals surface area (Å²) in [5.74, 6) is -0.0439. The van der Waals surface area contributed by atoms with Crippen molar-refractivity contribution in [2.45, 2.75) is 20.4 Å². The van der Waals surface area contributed by atoms with E-state index in [0.717, 1.165) is 6.26 Å². The number of nitrogens with zero attached hydrogens (tertiary/aromatic N) is 1. The second-order valence-electron chi connectivity index (χ2n) is 6.65. The van der Waals surface area contributed by atoms with E-state index in [-0.39, 0.29) is 24.2 Å². The Hall–Kier alpha value is -2.61. The number of halogens is 1. The number of amides is 2. The Morgan fingerprint density at radius 2 is 1.89 bits per heavy atom. The molecule has 0 saturated heterocycles. The first kappa shape index (κ1) is 20.7. The third kappa shape index (κ3) is 7.26. The van der Waals surface area contributed by atoms with Crippen LogP contribution < -0.4 is 9.50 Å². The molecule has 0 aliphatic carbocycles. The van der Waals surface area contributed by atoms with Crippen LogP contribution in [-0.2, 0) is 16.7 Å². The summed E-state index contributed by atoms with van der Waals surface area (Å²) < 4.78 is 40.8. The standard InChI is InChI=1S/C19H23FN2O4S/c1-14(2)12-22(19(23)21-17-8-5-7-16(20)11-17)13-15-6-4-9-18(10-15)26-27(3,24)25/h4-11,14H,12-13H2,1-3H3,(H,21,23). The van der Waals surface area contributed by atoms with Crippen LogP contribution in [0.3, 0.4) is 0 Å². The van der Waals surface area contributed by atoms with E-state index in [1.54, 1.807) is 29.2 Å². The molecular formula is C19H23FN2O4S. The van der Waals surface area contributed by atoms with Crippen LogP contribution in [0.25, 0.3) is 0 Å². The summed E-state index contributed by atoms with van der Waals surface area (Å²) in [5, 5.41) is 2.68. The molecule has 27 heavy (non-hydrogen) atoms. The number of carbonyl (C=O) groups is 1. The van der Waals surface area contributed by atoms with Gasteiger partial charge in [-0.05, 0) is 41.8 Å². The number of nitrogens with one attached hydrogen (secondary N) is 1. The number of anilines is 1. The minimum absolute atomic E-state index is 0.185. The summed E-state index contributed by atoms with van der Waals surface area (Å²) in [7, 11) is -3.63. The molecule has 146 valence electrons. The summed E-state index contributed by atoms with van der Waals surface area (Å²) in [4.78, 5) is 14.2. The molecule has 0 radical (unpaired) electrons. The van der Waals surface area contributed by atoms with E-state index in [0.29, 0.717) is 17.8 Å². The van der Waals surface area contributed by atoms with E-state index in [1.165, 1.54) is 24.3 Å². The first-order valence-corrected chi connectivity index (χ1v) is 10.2. The number of hydrogen-bond donors (Lipinski definition) is 1. The Balaban J connectivity index is 2.16. The fourth-order valence-corrected chi connectivity index (χ4v) is 2.97. The van der Waals surface area contributed by atoms with Crippen LogP contribution >= 0.6 is 0 Å². The van der Waals surface area contributed by atoms with E-state index in [4.69, 9.17) is 4.18 Å². The number of carbonyl (C=O) groups excluding carboxylic acids is 1. The van der Waals surface area contributed by atoms with Gasteiger partial charge in [-0.2, -0.15) is 8.42 Å². The molecule has 2 rings (SSSR count). The van der Waals surface area contributed by atoms with Gasteiger partial charge >= 0.3 is 16.1 Å². The molecule has 2 amide bonds. The maximum Gasteiger partial charge on any atom is 0.322 e. The quantitative estimate of drug-likeness (QED) is 0.724. The predicted octanol–water partition coefficient (Wildman–Crippen LogP) is 3.85. The third-order valence-electron chi connectivity index (χ3n) is 3.47. The van der Waals surface area contributed by atoms with E-state index in [9.17, 15) is 17.6 Å². The van der Waals surface area contributed by atoms with E-state index >= 15 is 0 Å². The van der Waals surface area contributed by atoms with Crippen molar-refractivity contribution >= 4 is 21.8 Å². The summed E-state index contributed by atoms with van der Waals surface area (Å²) in [6.45, 7) is 4.68. The van der Waals surface area contributed by atoms with Gasteiger partial charge in [0.15, 0.2) is 0 Å². The lowest BCUT2D eigenvalue weighted by molar-refractivity contribution is 0.201. The van der Waals surface area contributed by atoms with Crippen LogP contribution in [0, 0.1) is 11.7 Å². The number of rotatable bonds is 7. The van der Waals surface area contributed by atoms with Crippen LogP contribution in [0.1, 0.15) is 19.4 Å². The first-order chi connectivity index (χ1) is 12.6. The molecule has 0 aliphatic rings. The van der Waals surface area contributed by atoms with Gasteiger partial charge in [-0.3, -0.25) is 0 Å². The van der Waals surface area contributed by atoms with Gasteiger partial charge in [-0.1, -0.05) is 32.0 Å². The Morgan fingerprint density at radius 1 is 1.19 bits per heavy atom. The second kappa shape index (κ2) is 8.85. The first-order valence-electron chi connectivity index (χ1n) is 8.42. The molecule has 0 aromatic heterocycles. The lowest BCUT2D eigenvalue weighted by Crippen LogP contribution is -2.37. The molecular weight excluding hydrogens is 371 g/mol. The van der Waals surface area contributed by atoms with Crippen molar-refractivity contribution in [3.05, 3.63) is 59.9 Å². The smallest absolute Gasteiger partial charge is 0.322 e. The lowest BCUT2D eigenvalue weighted by atomic mass is 10.1. The van der Waals surface area contributed by atoms with Crippen molar-refractivity contribution in [3.63, 3.8) is 0 Å². The lowest BCUT2D eigenvalue weighted by Gasteiger charge is -2.25. The van der Waals surface area contributed by atoms with Gasteiger partial charge in [0.05, 0.1) is 6.26 Å². The molecule has 0 saturated carbocycles. The third-order valence-corrected chi connectivity index (χ3v) is 3.96. The van der Waals surface area contributed by atoms with Gasteiger partial charge in [0.25, 0.3) is 0 Å². The molecule has 0 unspecified atom stereocenters. The fraction of sp³-hybridized carbons (Fsp3) is 0.316. The van der Waals surface area contributed by atoms with E-state index in [2.05, 4.69) is 5.32 Å². The van der Waals surface area contributed by atoms with Gasteiger partial charge in [-0.15, -0.1) is 0 Å². The fourth-order valence-electron chi connectivity index (χ4n) is 2.52. The number of hydrogen-bond acceptors (Lipinski definition) is 4. The zero-order chi connectivity index (χ0) is 20.0. The van der Waals surface area contributed by atoms with Gasteiger partial charge in [0.1, 0.15) is 11.6 Å². The van der Waals surface area contributed by atoms with Gasteiger partial charge in [0, 0.05) is 18.8 Å². The molecule has 0 aliphatic heterocycles. The SMILES string of the molecule is CC(C)CN(Cc1cccc(OS(C)(=O)=O)c1)C(=O)Nc1cccc(F)c1. The van der Waals surface area contributed by atoms with Crippen LogP contribution in [0.4, 0.5) is 14.9 Å². The van der Waals surface area contributed by atoms with Crippen molar-refractivity contribution < 1.29 is 21.8 Å². The molecule has 1 N–H and O–H groups in total. The van der Waals surface area contributed by atoms with Crippen molar-refractivity contribution in [1.82, 2.24) is 4.90 Å². The molecule has 0 heterocycles. The van der Waals surface area contributed by atoms with Crippen molar-refractivity contribution in [3.8, 4) is 5.75 Å². The molecule has 2 aromatic rings. The van der Waals surface area contributed by atoms with Crippen LogP contribution in [0.15, 0.2) is 48.5 Å². The second-order valence-corrected chi connectivity index (χ2v) is 8.22. The van der Waals surface area contributed by atoms with Crippen LogP contribution in [0.5, 0.6) is 5.75 Å². The summed E-state index contributed by atoms with van der Waals surface area (Å²) in [5.41, 5.74) is 1.08. The van der Waals surface area contributed by atoms with Crippen molar-refractivity contribution in [1.29, 1.82) is 0 Å². The zero-order valence-electron chi connectivity index (χ0n) is 15.5. The highest BCUT2D eigenvalue weighted by Gasteiger charge is 2.16. The largest absolute Gasteiger partial charge is 0.383 e. The summed E-state index contributed by atoms with van der Waals surface area (Å²) in [6, 6.07) is 11.8.